The van der Waals surface area contributed by atoms with Crippen LogP contribution in [-0.2, 0) is 52.7 Å². The summed E-state index contributed by atoms with van der Waals surface area (Å²) in [5, 5.41) is 84.9. The van der Waals surface area contributed by atoms with E-state index in [4.69, 9.17) is 16.6 Å². The number of aliphatic hydroxyl groups excluding tert-OH is 6. The lowest BCUT2D eigenvalue weighted by Crippen LogP contribution is -2.62. The van der Waals surface area contributed by atoms with E-state index in [1.807, 2.05) is 21.3 Å². The van der Waals surface area contributed by atoms with Crippen molar-refractivity contribution in [2.45, 2.75) is 100 Å². The maximum absolute atomic E-state index is 13.6. The number of aliphatic hydroxyl groups is 6. The molecule has 0 unspecified atom stereocenters. The summed E-state index contributed by atoms with van der Waals surface area (Å²) in [6, 6.07) is -15.2. The minimum atomic E-state index is -1.95. The summed E-state index contributed by atoms with van der Waals surface area (Å²) in [5.74, 6) is -12.5. The van der Waals surface area contributed by atoms with Crippen LogP contribution in [0.15, 0.2) is 0 Å². The Morgan fingerprint density at radius 1 is 0.603 bits per heavy atom. The molecule has 10 amide bonds. The van der Waals surface area contributed by atoms with E-state index in [1.54, 1.807) is 0 Å². The molecule has 19 N–H and O–H groups in total. The number of nitrogens with two attached hydrogens (primary N) is 2. The lowest BCUT2D eigenvalue weighted by Gasteiger charge is -2.31. The smallest absolute Gasteiger partial charge is 0.325 e. The number of primary amides is 1. The third kappa shape index (κ3) is 17.3. The van der Waals surface area contributed by atoms with Crippen LogP contribution in [-0.4, -0.2) is 212 Å². The van der Waals surface area contributed by atoms with Crippen LogP contribution in [0.2, 0.25) is 0 Å². The Morgan fingerprint density at radius 2 is 0.984 bits per heavy atom. The first kappa shape index (κ1) is 54.9. The summed E-state index contributed by atoms with van der Waals surface area (Å²) in [5.41, 5.74) is 10.4. The van der Waals surface area contributed by atoms with Gasteiger partial charge in [0.1, 0.15) is 54.4 Å². The minimum absolute atomic E-state index is 0.0166. The van der Waals surface area contributed by atoms with Crippen LogP contribution in [0.4, 0.5) is 0 Å². The Bertz CT molecular complexity index is 1670. The van der Waals surface area contributed by atoms with Gasteiger partial charge in [0.15, 0.2) is 0 Å². The van der Waals surface area contributed by atoms with Crippen LogP contribution in [0.25, 0.3) is 0 Å². The molecule has 29 nitrogen and oxygen atoms in total. The van der Waals surface area contributed by atoms with Gasteiger partial charge >= 0.3 is 5.97 Å². The van der Waals surface area contributed by atoms with Gasteiger partial charge in [0.25, 0.3) is 0 Å². The number of nitrogens with zero attached hydrogens (tertiary/aromatic N) is 1. The topological polar surface area (TPSA) is 481 Å². The van der Waals surface area contributed by atoms with Crippen LogP contribution in [0.3, 0.4) is 0 Å². The van der Waals surface area contributed by atoms with E-state index < -0.39 is 178 Å². The zero-order valence-electron chi connectivity index (χ0n) is 34.3. The van der Waals surface area contributed by atoms with Gasteiger partial charge in [-0.05, 0) is 33.1 Å². The average Bonchev–Trinajstić information content (AvgIpc) is 3.74. The predicted molar refractivity (Wildman–Crippen MR) is 208 cm³/mol. The maximum Gasteiger partial charge on any atom is 0.325 e. The zero-order chi connectivity index (χ0) is 48.1. The lowest BCUT2D eigenvalue weighted by atomic mass is 10.1. The highest BCUT2D eigenvalue weighted by molar-refractivity contribution is 5.98. The van der Waals surface area contributed by atoms with Gasteiger partial charge < -0.3 is 94.6 Å². The van der Waals surface area contributed by atoms with Crippen molar-refractivity contribution in [2.75, 3.05) is 46.1 Å². The van der Waals surface area contributed by atoms with Crippen molar-refractivity contribution in [3.05, 3.63) is 0 Å². The Morgan fingerprint density at radius 3 is 1.33 bits per heavy atom. The van der Waals surface area contributed by atoms with Gasteiger partial charge in [-0.1, -0.05) is 0 Å². The Balaban J connectivity index is 3.10. The van der Waals surface area contributed by atoms with Crippen molar-refractivity contribution in [3.8, 4) is 0 Å². The minimum Gasteiger partial charge on any atom is -0.480 e. The van der Waals surface area contributed by atoms with Crippen molar-refractivity contribution in [2.24, 2.45) is 11.5 Å². The third-order valence-corrected chi connectivity index (χ3v) is 9.21. The molecular formula is C34H57N11O18. The second kappa shape index (κ2) is 27.1. The van der Waals surface area contributed by atoms with E-state index in [0.717, 1.165) is 11.8 Å². The number of amides is 10. The number of nitrogens with one attached hydrogen (secondary N) is 8. The van der Waals surface area contributed by atoms with Crippen molar-refractivity contribution in [1.29, 1.82) is 0 Å². The number of likely N-dealkylation sites (tertiary alicyclic amines) is 1. The molecule has 0 aromatic heterocycles. The van der Waals surface area contributed by atoms with Gasteiger partial charge in [-0.2, -0.15) is 0 Å². The molecule has 1 fully saturated rings. The number of carboxylic acids is 1. The number of carboxylic acid groups (broad SMARTS) is 1. The molecule has 10 atom stereocenters. The summed E-state index contributed by atoms with van der Waals surface area (Å²) >= 11 is 0. The lowest BCUT2D eigenvalue weighted by molar-refractivity contribution is -0.146. The van der Waals surface area contributed by atoms with E-state index in [-0.39, 0.29) is 13.0 Å². The summed E-state index contributed by atoms with van der Waals surface area (Å²) in [6.45, 7) is -3.81. The Kier molecular flexibility index (Phi) is 23.6. The molecule has 1 saturated heterocycles. The molecule has 1 rings (SSSR count). The molecule has 0 aliphatic carbocycles. The van der Waals surface area contributed by atoms with Crippen molar-refractivity contribution >= 4 is 65.0 Å². The molecule has 0 spiro atoms. The Labute approximate surface area is 358 Å². The van der Waals surface area contributed by atoms with Gasteiger partial charge in [-0.15, -0.1) is 0 Å². The fourth-order valence-electron chi connectivity index (χ4n) is 5.64. The van der Waals surface area contributed by atoms with E-state index in [9.17, 15) is 83.4 Å². The van der Waals surface area contributed by atoms with E-state index in [1.165, 1.54) is 6.92 Å². The van der Waals surface area contributed by atoms with Crippen LogP contribution in [0.5, 0.6) is 0 Å². The van der Waals surface area contributed by atoms with Crippen LogP contribution < -0.4 is 54.0 Å². The molecule has 1 aliphatic rings. The standard InChI is InChI=1S/C34H57N11O18/c1-14(34(62)63)37-32(60)22-4-3-7-45(22)33(61)25(15(2)51)44-26(54)16(5-6-23(36)52)39-28(56)18(10-47)41-30(58)20(12-49)43-31(59)21(13-50)42-29(57)19(11-48)40-27(55)17(9-46)38-24(53)8-35/h14-22,25,46-51H,3-13,35H2,1-2H3,(H2,36,52)(H,37,60)(H,38,53)(H,39,56)(H,40,55)(H,41,58)(H,42,57)(H,43,59)(H,44,54)(H,62,63)/t14-,15+,16-,17-,18-,19-,20-,21-,22-,25-/m0/s1. The van der Waals surface area contributed by atoms with Crippen molar-refractivity contribution < 1.29 is 88.5 Å². The zero-order valence-corrected chi connectivity index (χ0v) is 34.3. The van der Waals surface area contributed by atoms with Crippen LogP contribution in [0.1, 0.15) is 39.5 Å². The van der Waals surface area contributed by atoms with E-state index in [2.05, 4.69) is 21.3 Å². The molecule has 29 heteroatoms. The monoisotopic (exact) mass is 907 g/mol. The summed E-state index contributed by atoms with van der Waals surface area (Å²) < 4.78 is 0. The van der Waals surface area contributed by atoms with Gasteiger partial charge in [-0.25, -0.2) is 0 Å². The number of carbonyl (C=O) groups excluding carboxylic acids is 10. The highest BCUT2D eigenvalue weighted by Crippen LogP contribution is 2.20. The second-order valence-electron chi connectivity index (χ2n) is 14.0. The molecule has 0 aromatic carbocycles. The quantitative estimate of drug-likeness (QED) is 0.0364. The summed E-state index contributed by atoms with van der Waals surface area (Å²) in [4.78, 5) is 140. The fourth-order valence-corrected chi connectivity index (χ4v) is 5.64. The SMILES string of the molecule is C[C@H](NC(=O)[C@@H]1CCCN1C(=O)[C@@H](NC(=O)[C@H](CCC(N)=O)NC(=O)[C@H](CO)NC(=O)[C@H](CO)NC(=O)[C@H](CO)NC(=O)[C@H](CO)NC(=O)[C@H](CO)NC(=O)CN)[C@@H](C)O)C(=O)O. The number of hydrogen-bond donors (Lipinski definition) is 17. The first-order valence-corrected chi connectivity index (χ1v) is 19.3. The highest BCUT2D eigenvalue weighted by Gasteiger charge is 2.41. The van der Waals surface area contributed by atoms with Crippen molar-refractivity contribution in [3.63, 3.8) is 0 Å². The molecule has 0 aromatic rings. The fraction of sp³-hybridized carbons (Fsp3) is 0.676. The summed E-state index contributed by atoms with van der Waals surface area (Å²) in [7, 11) is 0. The predicted octanol–water partition coefficient (Wildman–Crippen LogP) is -11.5. The van der Waals surface area contributed by atoms with Gasteiger partial charge in [0.2, 0.25) is 59.1 Å². The number of aliphatic carboxylic acids is 1. The second-order valence-corrected chi connectivity index (χ2v) is 14.0. The largest absolute Gasteiger partial charge is 0.480 e. The number of rotatable bonds is 27. The molecule has 0 radical (unpaired) electrons. The normalized spacial score (nSPS) is 17.7. The highest BCUT2D eigenvalue weighted by atomic mass is 16.4. The third-order valence-electron chi connectivity index (χ3n) is 9.21. The molecule has 0 bridgehead atoms. The first-order chi connectivity index (χ1) is 29.6. The molecular weight excluding hydrogens is 850 g/mol. The van der Waals surface area contributed by atoms with Gasteiger partial charge in [0.05, 0.1) is 45.7 Å². The average molecular weight is 908 g/mol. The number of carbonyl (C=O) groups is 11. The molecule has 1 heterocycles. The van der Waals surface area contributed by atoms with Gasteiger partial charge in [-0.3, -0.25) is 52.7 Å². The molecule has 63 heavy (non-hydrogen) atoms. The molecule has 1 aliphatic heterocycles. The van der Waals surface area contributed by atoms with Gasteiger partial charge in [0, 0.05) is 13.0 Å². The van der Waals surface area contributed by atoms with Crippen LogP contribution >= 0.6 is 0 Å². The Hall–Kier alpha value is -6.11. The van der Waals surface area contributed by atoms with Crippen LogP contribution in [0, 0.1) is 0 Å². The van der Waals surface area contributed by atoms with E-state index in [0.29, 0.717) is 6.42 Å². The van der Waals surface area contributed by atoms with Crippen molar-refractivity contribution in [1.82, 2.24) is 47.4 Å². The first-order valence-electron chi connectivity index (χ1n) is 19.3. The number of hydrogen-bond acceptors (Lipinski definition) is 18. The van der Waals surface area contributed by atoms with E-state index >= 15 is 0 Å². The summed E-state index contributed by atoms with van der Waals surface area (Å²) in [6.07, 6.45) is -2.27. The maximum atomic E-state index is 13.6. The molecule has 356 valence electrons. The molecule has 0 saturated carbocycles.